The summed E-state index contributed by atoms with van der Waals surface area (Å²) in [6.45, 7) is 2.12. The van der Waals surface area contributed by atoms with Crippen LogP contribution >= 0.6 is 0 Å². The van der Waals surface area contributed by atoms with Gasteiger partial charge in [-0.25, -0.2) is 0 Å². The lowest BCUT2D eigenvalue weighted by molar-refractivity contribution is 0.538. The maximum Gasteiger partial charge on any atom is 0.0669 e. The van der Waals surface area contributed by atoms with Gasteiger partial charge in [0.15, 0.2) is 0 Å². The summed E-state index contributed by atoms with van der Waals surface area (Å²) in [7, 11) is 1.95. The van der Waals surface area contributed by atoms with Crippen molar-refractivity contribution < 1.29 is 0 Å². The highest BCUT2D eigenvalue weighted by molar-refractivity contribution is 5.34. The number of nitrogens with zero attached hydrogens (tertiary/aromatic N) is 3. The Balaban J connectivity index is 1.95. The van der Waals surface area contributed by atoms with Gasteiger partial charge in [0.25, 0.3) is 0 Å². The first-order valence-corrected chi connectivity index (χ1v) is 6.92. The second-order valence-corrected chi connectivity index (χ2v) is 5.28. The molecular weight excluding hydrogens is 236 g/mol. The predicted octanol–water partition coefficient (Wildman–Crippen LogP) is 2.11. The molecule has 19 heavy (non-hydrogen) atoms. The summed E-state index contributed by atoms with van der Waals surface area (Å²) in [5.74, 6) is 0.325. The highest BCUT2D eigenvalue weighted by Crippen LogP contribution is 2.39. The second-order valence-electron chi connectivity index (χ2n) is 5.28. The van der Waals surface area contributed by atoms with E-state index < -0.39 is 0 Å². The molecule has 0 spiro atoms. The minimum Gasteiger partial charge on any atom is -0.323 e. The molecule has 0 bridgehead atoms. The van der Waals surface area contributed by atoms with Crippen LogP contribution in [0.4, 0.5) is 0 Å². The number of hydrogen-bond donors (Lipinski definition) is 1. The van der Waals surface area contributed by atoms with Gasteiger partial charge in [-0.05, 0) is 30.9 Å². The average Bonchev–Trinajstić information content (AvgIpc) is 3.01. The molecule has 0 radical (unpaired) electrons. The monoisotopic (exact) mass is 256 g/mol. The Morgan fingerprint density at radius 2 is 2.37 bits per heavy atom. The van der Waals surface area contributed by atoms with Gasteiger partial charge < -0.3 is 5.73 Å². The fraction of sp³-hybridized carbons (Fsp3) is 0.467. The normalized spacial score (nSPS) is 19.4. The minimum atomic E-state index is -0.000185. The Kier molecular flexibility index (Phi) is 3.11. The van der Waals surface area contributed by atoms with E-state index in [2.05, 4.69) is 29.3 Å². The molecule has 4 heteroatoms. The van der Waals surface area contributed by atoms with Crippen molar-refractivity contribution in [1.29, 1.82) is 0 Å². The van der Waals surface area contributed by atoms with E-state index in [0.717, 1.165) is 25.0 Å². The molecule has 0 saturated heterocycles. The summed E-state index contributed by atoms with van der Waals surface area (Å²) in [5, 5.41) is 4.49. The third-order valence-electron chi connectivity index (χ3n) is 4.07. The molecule has 2 heterocycles. The Morgan fingerprint density at radius 1 is 1.53 bits per heavy atom. The van der Waals surface area contributed by atoms with Gasteiger partial charge in [0.2, 0.25) is 0 Å². The summed E-state index contributed by atoms with van der Waals surface area (Å²) in [5.41, 5.74) is 11.3. The Labute approximate surface area is 113 Å². The van der Waals surface area contributed by atoms with Gasteiger partial charge >= 0.3 is 0 Å². The Bertz CT molecular complexity index is 588. The molecule has 2 aromatic rings. The minimum absolute atomic E-state index is 0.000185. The SMILES string of the molecule is CCc1nn(C)cc1C(N)C1CCc2cccnc21. The largest absolute Gasteiger partial charge is 0.323 e. The number of fused-ring (bicyclic) bond motifs is 1. The molecule has 2 unspecified atom stereocenters. The smallest absolute Gasteiger partial charge is 0.0669 e. The van der Waals surface area contributed by atoms with Gasteiger partial charge in [-0.1, -0.05) is 13.0 Å². The number of rotatable bonds is 3. The first-order valence-electron chi connectivity index (χ1n) is 6.92. The Hall–Kier alpha value is -1.68. The van der Waals surface area contributed by atoms with Gasteiger partial charge in [0, 0.05) is 42.7 Å². The van der Waals surface area contributed by atoms with Crippen molar-refractivity contribution in [2.45, 2.75) is 38.1 Å². The predicted molar refractivity (Wildman–Crippen MR) is 74.8 cm³/mol. The molecular formula is C15H20N4. The van der Waals surface area contributed by atoms with Crippen LogP contribution in [-0.2, 0) is 19.9 Å². The van der Waals surface area contributed by atoms with Crippen molar-refractivity contribution in [3.05, 3.63) is 47.0 Å². The zero-order valence-electron chi connectivity index (χ0n) is 11.5. The molecule has 1 aliphatic rings. The van der Waals surface area contributed by atoms with Gasteiger partial charge in [0.05, 0.1) is 5.69 Å². The van der Waals surface area contributed by atoms with E-state index in [1.807, 2.05) is 24.0 Å². The van der Waals surface area contributed by atoms with Crippen molar-refractivity contribution in [3.63, 3.8) is 0 Å². The van der Waals surface area contributed by atoms with Gasteiger partial charge in [-0.3, -0.25) is 9.67 Å². The molecule has 0 aliphatic heterocycles. The van der Waals surface area contributed by atoms with E-state index in [4.69, 9.17) is 5.73 Å². The Morgan fingerprint density at radius 3 is 3.16 bits per heavy atom. The standard InChI is InChI=1S/C15H20N4/c1-3-13-12(9-19(2)18-13)14(16)11-7-6-10-5-4-8-17-15(10)11/h4-5,8-9,11,14H,3,6-7,16H2,1-2H3. The van der Waals surface area contributed by atoms with Crippen LogP contribution in [-0.4, -0.2) is 14.8 Å². The molecule has 2 atom stereocenters. The molecule has 4 nitrogen and oxygen atoms in total. The third kappa shape index (κ3) is 2.06. The lowest BCUT2D eigenvalue weighted by Gasteiger charge is -2.19. The van der Waals surface area contributed by atoms with E-state index in [1.54, 1.807) is 0 Å². The van der Waals surface area contributed by atoms with E-state index in [0.29, 0.717) is 5.92 Å². The van der Waals surface area contributed by atoms with Gasteiger partial charge in [-0.15, -0.1) is 0 Å². The fourth-order valence-corrected chi connectivity index (χ4v) is 3.12. The zero-order valence-corrected chi connectivity index (χ0v) is 11.5. The molecule has 3 rings (SSSR count). The van der Waals surface area contributed by atoms with Crippen molar-refractivity contribution in [3.8, 4) is 0 Å². The van der Waals surface area contributed by atoms with E-state index in [1.165, 1.54) is 16.8 Å². The number of hydrogen-bond acceptors (Lipinski definition) is 3. The summed E-state index contributed by atoms with van der Waals surface area (Å²) in [6, 6.07) is 4.17. The van der Waals surface area contributed by atoms with Crippen molar-refractivity contribution in [2.24, 2.45) is 12.8 Å². The molecule has 0 amide bonds. The van der Waals surface area contributed by atoms with Crippen LogP contribution in [0.3, 0.4) is 0 Å². The molecule has 2 N–H and O–H groups in total. The average molecular weight is 256 g/mol. The van der Waals surface area contributed by atoms with Crippen LogP contribution in [0.15, 0.2) is 24.5 Å². The number of aryl methyl sites for hydroxylation is 3. The van der Waals surface area contributed by atoms with Crippen LogP contribution in [0.1, 0.15) is 47.8 Å². The van der Waals surface area contributed by atoms with Crippen LogP contribution in [0.2, 0.25) is 0 Å². The van der Waals surface area contributed by atoms with E-state index >= 15 is 0 Å². The summed E-state index contributed by atoms with van der Waals surface area (Å²) < 4.78 is 1.86. The maximum absolute atomic E-state index is 6.51. The maximum atomic E-state index is 6.51. The van der Waals surface area contributed by atoms with E-state index in [9.17, 15) is 0 Å². The van der Waals surface area contributed by atoms with Crippen LogP contribution in [0, 0.1) is 0 Å². The van der Waals surface area contributed by atoms with Crippen LogP contribution in [0.5, 0.6) is 0 Å². The molecule has 2 aromatic heterocycles. The quantitative estimate of drug-likeness (QED) is 0.915. The third-order valence-corrected chi connectivity index (χ3v) is 4.07. The first kappa shape index (κ1) is 12.4. The highest BCUT2D eigenvalue weighted by Gasteiger charge is 2.31. The lowest BCUT2D eigenvalue weighted by atomic mass is 9.91. The second kappa shape index (κ2) is 4.78. The summed E-state index contributed by atoms with van der Waals surface area (Å²) in [6.07, 6.45) is 7.03. The van der Waals surface area contributed by atoms with Crippen molar-refractivity contribution >= 4 is 0 Å². The van der Waals surface area contributed by atoms with Crippen LogP contribution in [0.25, 0.3) is 0 Å². The summed E-state index contributed by atoms with van der Waals surface area (Å²) >= 11 is 0. The van der Waals surface area contributed by atoms with Crippen LogP contribution < -0.4 is 5.73 Å². The number of aromatic nitrogens is 3. The molecule has 100 valence electrons. The number of pyridine rings is 1. The van der Waals surface area contributed by atoms with Crippen molar-refractivity contribution in [1.82, 2.24) is 14.8 Å². The van der Waals surface area contributed by atoms with E-state index in [-0.39, 0.29) is 6.04 Å². The first-order chi connectivity index (χ1) is 9.20. The van der Waals surface area contributed by atoms with Gasteiger partial charge in [0.1, 0.15) is 0 Å². The fourth-order valence-electron chi connectivity index (χ4n) is 3.12. The molecule has 1 aliphatic carbocycles. The zero-order chi connectivity index (χ0) is 13.4. The lowest BCUT2D eigenvalue weighted by Crippen LogP contribution is -2.19. The number of nitrogens with two attached hydrogens (primary N) is 1. The van der Waals surface area contributed by atoms with Crippen molar-refractivity contribution in [2.75, 3.05) is 0 Å². The topological polar surface area (TPSA) is 56.7 Å². The highest BCUT2D eigenvalue weighted by atomic mass is 15.3. The van der Waals surface area contributed by atoms with Gasteiger partial charge in [-0.2, -0.15) is 5.10 Å². The molecule has 0 aromatic carbocycles. The molecule has 0 fully saturated rings. The molecule has 0 saturated carbocycles. The summed E-state index contributed by atoms with van der Waals surface area (Å²) in [4.78, 5) is 4.54.